The molecule has 0 saturated heterocycles. The van der Waals surface area contributed by atoms with Crippen LogP contribution in [0.1, 0.15) is 43.5 Å². The van der Waals surface area contributed by atoms with E-state index in [1.54, 1.807) is 11.3 Å². The van der Waals surface area contributed by atoms with E-state index >= 15 is 0 Å². The molecule has 35 heavy (non-hydrogen) atoms. The van der Waals surface area contributed by atoms with E-state index in [2.05, 4.69) is 34.2 Å². The Hall–Kier alpha value is -2.97. The fraction of sp³-hybridized carbons (Fsp3) is 0.444. The van der Waals surface area contributed by atoms with Gasteiger partial charge in [-0.1, -0.05) is 6.07 Å². The lowest BCUT2D eigenvalue weighted by Crippen LogP contribution is -2.19. The number of nitrogens with zero attached hydrogens (tertiary/aromatic N) is 3. The summed E-state index contributed by atoms with van der Waals surface area (Å²) in [5.41, 5.74) is 4.39. The Bertz CT molecular complexity index is 1350. The van der Waals surface area contributed by atoms with Crippen molar-refractivity contribution < 1.29 is 9.52 Å². The van der Waals surface area contributed by atoms with Crippen molar-refractivity contribution in [2.24, 2.45) is 11.8 Å². The first-order valence-electron chi connectivity index (χ1n) is 12.5. The van der Waals surface area contributed by atoms with Gasteiger partial charge in [0.1, 0.15) is 11.6 Å². The van der Waals surface area contributed by atoms with Gasteiger partial charge in [0, 0.05) is 24.6 Å². The normalized spacial score (nSPS) is 20.0. The minimum atomic E-state index is 0.241. The molecule has 0 amide bonds. The average Bonchev–Trinajstić information content (AvgIpc) is 3.21. The lowest BCUT2D eigenvalue weighted by Gasteiger charge is -2.18. The maximum Gasteiger partial charge on any atom is 0.224 e. The molecule has 2 aliphatic carbocycles. The first-order chi connectivity index (χ1) is 17.1. The summed E-state index contributed by atoms with van der Waals surface area (Å²) in [5, 5.41) is 19.8. The molecule has 4 aromatic rings. The van der Waals surface area contributed by atoms with Crippen LogP contribution in [-0.2, 0) is 0 Å². The quantitative estimate of drug-likeness (QED) is 0.278. The predicted octanol–water partition coefficient (Wildman–Crippen LogP) is 6.02. The number of aliphatic hydroxyl groups is 1. The molecular weight excluding hydrogens is 458 g/mol. The number of rotatable bonds is 8. The van der Waals surface area contributed by atoms with Gasteiger partial charge in [-0.25, -0.2) is 9.97 Å². The minimum absolute atomic E-state index is 0.241. The third kappa shape index (κ3) is 4.65. The average molecular weight is 490 g/mol. The number of aromatic nitrogens is 3. The van der Waals surface area contributed by atoms with Crippen LogP contribution in [0.5, 0.6) is 0 Å². The van der Waals surface area contributed by atoms with E-state index in [1.807, 2.05) is 19.9 Å². The Labute approximate surface area is 209 Å². The number of hydrogen-bond acceptors (Lipinski definition) is 8. The topological polar surface area (TPSA) is 96.1 Å². The van der Waals surface area contributed by atoms with Gasteiger partial charge in [-0.3, -0.25) is 0 Å². The van der Waals surface area contributed by atoms with Crippen molar-refractivity contribution in [1.82, 2.24) is 15.0 Å². The van der Waals surface area contributed by atoms with Crippen molar-refractivity contribution in [3.63, 3.8) is 0 Å². The fourth-order valence-corrected chi connectivity index (χ4v) is 5.74. The van der Waals surface area contributed by atoms with Crippen molar-refractivity contribution in [3.8, 4) is 21.9 Å². The number of furan rings is 1. The highest BCUT2D eigenvalue weighted by Crippen LogP contribution is 2.38. The number of hydrogen-bond donors (Lipinski definition) is 3. The van der Waals surface area contributed by atoms with E-state index in [-0.39, 0.29) is 12.6 Å². The Morgan fingerprint density at radius 3 is 2.66 bits per heavy atom. The Balaban J connectivity index is 1.39. The monoisotopic (exact) mass is 489 g/mol. The Kier molecular flexibility index (Phi) is 5.94. The highest BCUT2D eigenvalue weighted by molar-refractivity contribution is 7.13. The van der Waals surface area contributed by atoms with Crippen LogP contribution in [0.4, 0.5) is 11.8 Å². The summed E-state index contributed by atoms with van der Waals surface area (Å²) in [6.45, 7) is 5.17. The molecule has 182 valence electrons. The smallest absolute Gasteiger partial charge is 0.224 e. The lowest BCUT2D eigenvalue weighted by atomic mass is 10.1. The molecule has 2 saturated carbocycles. The highest BCUT2D eigenvalue weighted by atomic mass is 32.1. The van der Waals surface area contributed by atoms with Gasteiger partial charge in [-0.2, -0.15) is 4.98 Å². The van der Waals surface area contributed by atoms with Gasteiger partial charge in [-0.15, -0.1) is 11.3 Å². The summed E-state index contributed by atoms with van der Waals surface area (Å²) in [6.07, 6.45) is 5.55. The number of aliphatic hydroxyl groups excluding tert-OH is 1. The van der Waals surface area contributed by atoms with Crippen LogP contribution in [0.3, 0.4) is 0 Å². The van der Waals surface area contributed by atoms with E-state index in [1.165, 1.54) is 12.8 Å². The molecule has 0 bridgehead atoms. The number of fused-ring (bicyclic) bond motifs is 1. The van der Waals surface area contributed by atoms with Crippen molar-refractivity contribution in [2.75, 3.05) is 23.8 Å². The molecule has 2 unspecified atom stereocenters. The van der Waals surface area contributed by atoms with E-state index in [0.717, 1.165) is 81.8 Å². The van der Waals surface area contributed by atoms with Crippen molar-refractivity contribution in [2.45, 2.75) is 52.0 Å². The van der Waals surface area contributed by atoms with E-state index in [0.29, 0.717) is 11.9 Å². The summed E-state index contributed by atoms with van der Waals surface area (Å²) in [5.74, 6) is 3.29. The molecule has 2 fully saturated rings. The Morgan fingerprint density at radius 1 is 1.06 bits per heavy atom. The van der Waals surface area contributed by atoms with Gasteiger partial charge < -0.3 is 20.2 Å². The van der Waals surface area contributed by atoms with Crippen molar-refractivity contribution in [1.29, 1.82) is 0 Å². The number of pyridine rings is 1. The first-order valence-corrected chi connectivity index (χ1v) is 13.4. The summed E-state index contributed by atoms with van der Waals surface area (Å²) in [6, 6.07) is 8.59. The summed E-state index contributed by atoms with van der Waals surface area (Å²) in [4.78, 5) is 15.6. The largest absolute Gasteiger partial charge is 0.454 e. The first kappa shape index (κ1) is 22.5. The molecule has 6 rings (SSSR count). The second-order valence-corrected chi connectivity index (χ2v) is 10.9. The molecule has 3 N–H and O–H groups in total. The van der Waals surface area contributed by atoms with Gasteiger partial charge in [0.15, 0.2) is 5.58 Å². The van der Waals surface area contributed by atoms with Gasteiger partial charge in [0.2, 0.25) is 5.95 Å². The molecular formula is C27H31N5O2S. The van der Waals surface area contributed by atoms with Crippen molar-refractivity contribution in [3.05, 3.63) is 41.0 Å². The van der Waals surface area contributed by atoms with E-state index in [4.69, 9.17) is 19.4 Å². The summed E-state index contributed by atoms with van der Waals surface area (Å²) < 4.78 is 6.39. The predicted molar refractivity (Wildman–Crippen MR) is 141 cm³/mol. The maximum atomic E-state index is 9.61. The molecule has 0 aliphatic heterocycles. The maximum absolute atomic E-state index is 9.61. The van der Waals surface area contributed by atoms with Crippen LogP contribution >= 0.6 is 11.3 Å². The summed E-state index contributed by atoms with van der Waals surface area (Å²) in [7, 11) is 0. The molecule has 2 aliphatic rings. The Morgan fingerprint density at radius 2 is 1.91 bits per heavy atom. The van der Waals surface area contributed by atoms with Gasteiger partial charge in [-0.05, 0) is 81.4 Å². The number of aryl methyl sites for hydroxylation is 2. The van der Waals surface area contributed by atoms with E-state index < -0.39 is 0 Å². The number of thiophene rings is 1. The summed E-state index contributed by atoms with van der Waals surface area (Å²) >= 11 is 1.69. The molecule has 2 atom stereocenters. The SMILES string of the molecule is Cc1nc(NCC2CC2)nc(NC2CCC(CO)C2)c1-c1cc2cc(-c3cccs3)nc(C)c2o1. The standard InChI is InChI=1S/C27H31N5O2S/c1-15-24(22-12-19-11-21(23-4-3-9-35-23)29-16(2)25(19)34-22)26(31-20-8-7-18(10-20)14-33)32-27(30-15)28-13-17-5-6-17/h3-4,9,11-12,17-18,20,33H,5-8,10,13-14H2,1-2H3,(H2,28,30,31,32). The van der Waals surface area contributed by atoms with Crippen LogP contribution in [0.2, 0.25) is 0 Å². The molecule has 4 aromatic heterocycles. The van der Waals surface area contributed by atoms with Crippen LogP contribution in [0, 0.1) is 25.7 Å². The minimum Gasteiger partial charge on any atom is -0.454 e. The van der Waals surface area contributed by atoms with Gasteiger partial charge in [0.25, 0.3) is 0 Å². The molecule has 7 nitrogen and oxygen atoms in total. The van der Waals surface area contributed by atoms with Crippen LogP contribution in [0.15, 0.2) is 34.1 Å². The number of anilines is 2. The molecule has 0 spiro atoms. The van der Waals surface area contributed by atoms with Gasteiger partial charge in [0.05, 0.1) is 27.5 Å². The lowest BCUT2D eigenvalue weighted by molar-refractivity contribution is 0.229. The van der Waals surface area contributed by atoms with Gasteiger partial charge >= 0.3 is 0 Å². The molecule has 0 aromatic carbocycles. The zero-order valence-electron chi connectivity index (χ0n) is 20.2. The third-order valence-electron chi connectivity index (χ3n) is 7.17. The fourth-order valence-electron chi connectivity index (χ4n) is 5.05. The zero-order chi connectivity index (χ0) is 23.9. The van der Waals surface area contributed by atoms with Crippen LogP contribution < -0.4 is 10.6 Å². The third-order valence-corrected chi connectivity index (χ3v) is 8.06. The van der Waals surface area contributed by atoms with Crippen LogP contribution in [-0.4, -0.2) is 39.3 Å². The zero-order valence-corrected chi connectivity index (χ0v) is 21.0. The second-order valence-electron chi connectivity index (χ2n) is 9.98. The molecule has 4 heterocycles. The highest BCUT2D eigenvalue weighted by Gasteiger charge is 2.27. The molecule has 0 radical (unpaired) electrons. The van der Waals surface area contributed by atoms with Crippen LogP contribution in [0.25, 0.3) is 32.9 Å². The molecule has 8 heteroatoms. The second kappa shape index (κ2) is 9.24. The number of nitrogens with one attached hydrogen (secondary N) is 2. The van der Waals surface area contributed by atoms with E-state index in [9.17, 15) is 5.11 Å². The van der Waals surface area contributed by atoms with Crippen molar-refractivity contribution >= 4 is 34.1 Å².